The van der Waals surface area contributed by atoms with Crippen molar-refractivity contribution in [1.82, 2.24) is 4.90 Å². The largest absolute Gasteiger partial charge is 0.303 e. The summed E-state index contributed by atoms with van der Waals surface area (Å²) in [7, 11) is 0. The van der Waals surface area contributed by atoms with Gasteiger partial charge in [0.1, 0.15) is 6.04 Å². The number of piperidine rings is 1. The first-order valence-electron chi connectivity index (χ1n) is 9.24. The fraction of sp³-hybridized carbons (Fsp3) is 0.650. The number of ketones is 1. The zero-order valence-corrected chi connectivity index (χ0v) is 15.9. The molecule has 2 fully saturated rings. The van der Waals surface area contributed by atoms with Crippen LogP contribution in [0, 0.1) is 11.8 Å². The van der Waals surface area contributed by atoms with Gasteiger partial charge in [0.2, 0.25) is 0 Å². The molecule has 1 aromatic carbocycles. The molecule has 1 spiro atoms. The van der Waals surface area contributed by atoms with Crippen LogP contribution >= 0.6 is 11.6 Å². The number of carbonyl (C=O) groups excluding carboxylic acids is 1. The van der Waals surface area contributed by atoms with Crippen molar-refractivity contribution in [3.05, 3.63) is 35.9 Å². The van der Waals surface area contributed by atoms with E-state index in [-0.39, 0.29) is 17.3 Å². The molecule has 0 radical (unpaired) electrons. The van der Waals surface area contributed by atoms with Crippen LogP contribution in [-0.2, 0) is 11.2 Å². The summed E-state index contributed by atoms with van der Waals surface area (Å²) in [4.78, 5) is 14.9. The molecule has 5 unspecified atom stereocenters. The van der Waals surface area contributed by atoms with Crippen molar-refractivity contribution >= 4 is 17.4 Å². The average Bonchev–Trinajstić information content (AvgIpc) is 2.60. The lowest BCUT2D eigenvalue weighted by molar-refractivity contribution is -0.970. The molecular weight excluding hydrogens is 320 g/mol. The first-order chi connectivity index (χ1) is 11.4. The van der Waals surface area contributed by atoms with E-state index in [0.29, 0.717) is 11.8 Å². The van der Waals surface area contributed by atoms with E-state index in [9.17, 15) is 4.79 Å². The van der Waals surface area contributed by atoms with Gasteiger partial charge in [0.25, 0.3) is 0 Å². The third-order valence-electron chi connectivity index (χ3n) is 6.24. The van der Waals surface area contributed by atoms with Crippen molar-refractivity contribution in [2.75, 3.05) is 32.7 Å². The van der Waals surface area contributed by atoms with E-state index >= 15 is 0 Å². The van der Waals surface area contributed by atoms with Gasteiger partial charge in [0.05, 0.1) is 31.5 Å². The number of hydrogen-bond acceptors (Lipinski definition) is 2. The van der Waals surface area contributed by atoms with E-state index in [1.165, 1.54) is 5.56 Å². The highest BCUT2D eigenvalue weighted by Crippen LogP contribution is 2.37. The summed E-state index contributed by atoms with van der Waals surface area (Å²) in [6.07, 6.45) is 1.10. The SMILES string of the molecule is CC1C[N+]2(CCN(CCc3ccccc3)CC2C)C(Cl)C(C)C1=O. The number of quaternary nitrogens is 1. The molecule has 5 atom stereocenters. The highest BCUT2D eigenvalue weighted by molar-refractivity contribution is 6.21. The van der Waals surface area contributed by atoms with E-state index in [1.807, 2.05) is 6.92 Å². The van der Waals surface area contributed by atoms with E-state index in [1.54, 1.807) is 0 Å². The van der Waals surface area contributed by atoms with Gasteiger partial charge in [-0.25, -0.2) is 0 Å². The summed E-state index contributed by atoms with van der Waals surface area (Å²) >= 11 is 6.81. The van der Waals surface area contributed by atoms with Crippen molar-refractivity contribution < 1.29 is 9.28 Å². The average molecular weight is 350 g/mol. The van der Waals surface area contributed by atoms with Gasteiger partial charge in [-0.05, 0) is 25.8 Å². The third-order valence-corrected chi connectivity index (χ3v) is 7.01. The predicted octanol–water partition coefficient (Wildman–Crippen LogP) is 3.17. The van der Waals surface area contributed by atoms with Crippen LogP contribution in [0.1, 0.15) is 26.3 Å². The Kier molecular flexibility index (Phi) is 5.33. The number of benzene rings is 1. The van der Waals surface area contributed by atoms with Gasteiger partial charge in [-0.3, -0.25) is 9.69 Å². The predicted molar refractivity (Wildman–Crippen MR) is 99.0 cm³/mol. The standard InChI is InChI=1S/C20H30ClN2O/c1-15-14-23(20(21)17(3)19(15)24)12-11-22(13-16(23)2)10-9-18-7-5-4-6-8-18/h4-8,15-17,20H,9-14H2,1-3H3/q+1. The van der Waals surface area contributed by atoms with Crippen LogP contribution in [0.25, 0.3) is 0 Å². The Morgan fingerprint density at radius 1 is 1.21 bits per heavy atom. The molecule has 0 amide bonds. The van der Waals surface area contributed by atoms with Crippen LogP contribution < -0.4 is 0 Å². The molecule has 0 N–H and O–H groups in total. The minimum atomic E-state index is -0.0695. The smallest absolute Gasteiger partial charge is 0.174 e. The molecule has 0 saturated carbocycles. The van der Waals surface area contributed by atoms with Crippen LogP contribution in [0.2, 0.25) is 0 Å². The number of rotatable bonds is 3. The fourth-order valence-corrected chi connectivity index (χ4v) is 5.17. The Bertz CT molecular complexity index is 578. The molecule has 2 aliphatic heterocycles. The van der Waals surface area contributed by atoms with E-state index in [2.05, 4.69) is 49.1 Å². The zero-order valence-electron chi connectivity index (χ0n) is 15.1. The summed E-state index contributed by atoms with van der Waals surface area (Å²) in [6, 6.07) is 11.2. The lowest BCUT2D eigenvalue weighted by atomic mass is 9.85. The zero-order chi connectivity index (χ0) is 17.3. The van der Waals surface area contributed by atoms with Gasteiger partial charge in [-0.2, -0.15) is 0 Å². The first-order valence-corrected chi connectivity index (χ1v) is 9.68. The normalized spacial score (nSPS) is 37.8. The molecule has 3 rings (SSSR count). The van der Waals surface area contributed by atoms with Gasteiger partial charge in [0.15, 0.2) is 11.3 Å². The van der Waals surface area contributed by atoms with Crippen LogP contribution in [0.4, 0.5) is 0 Å². The Labute approximate surface area is 151 Å². The summed E-state index contributed by atoms with van der Waals surface area (Å²) in [5.41, 5.74) is 1.33. The number of alkyl halides is 1. The van der Waals surface area contributed by atoms with Crippen LogP contribution in [0.5, 0.6) is 0 Å². The maximum Gasteiger partial charge on any atom is 0.174 e. The first kappa shape index (κ1) is 17.9. The highest BCUT2D eigenvalue weighted by atomic mass is 35.5. The number of halogens is 1. The maximum absolute atomic E-state index is 12.3. The summed E-state index contributed by atoms with van der Waals surface area (Å²) in [5.74, 6) is 0.444. The molecule has 4 heteroatoms. The van der Waals surface area contributed by atoms with Crippen molar-refractivity contribution in [3.8, 4) is 0 Å². The Balaban J connectivity index is 1.63. The van der Waals surface area contributed by atoms with E-state index in [4.69, 9.17) is 11.6 Å². The molecule has 132 valence electrons. The second-order valence-electron chi connectivity index (χ2n) is 7.86. The molecule has 0 aliphatic carbocycles. The summed E-state index contributed by atoms with van der Waals surface area (Å²) in [6.45, 7) is 11.6. The lowest BCUT2D eigenvalue weighted by Gasteiger charge is -2.56. The number of Topliss-reactive ketones (excluding diaryl/α,β-unsaturated/α-hetero) is 1. The third kappa shape index (κ3) is 3.26. The molecule has 2 aliphatic rings. The molecule has 0 bridgehead atoms. The minimum absolute atomic E-state index is 0.0336. The topological polar surface area (TPSA) is 20.3 Å². The van der Waals surface area contributed by atoms with Crippen LogP contribution in [0.15, 0.2) is 30.3 Å². The highest BCUT2D eigenvalue weighted by Gasteiger charge is 2.53. The Morgan fingerprint density at radius 3 is 2.58 bits per heavy atom. The number of carbonyl (C=O) groups is 1. The fourth-order valence-electron chi connectivity index (χ4n) is 4.68. The van der Waals surface area contributed by atoms with Gasteiger partial charge in [-0.15, -0.1) is 0 Å². The molecule has 3 nitrogen and oxygen atoms in total. The minimum Gasteiger partial charge on any atom is -0.303 e. The van der Waals surface area contributed by atoms with Crippen molar-refractivity contribution in [2.45, 2.75) is 38.7 Å². The van der Waals surface area contributed by atoms with Crippen molar-refractivity contribution in [3.63, 3.8) is 0 Å². The Morgan fingerprint density at radius 2 is 1.92 bits per heavy atom. The second kappa shape index (κ2) is 7.15. The molecule has 2 heterocycles. The van der Waals surface area contributed by atoms with Gasteiger partial charge in [-0.1, -0.05) is 48.9 Å². The van der Waals surface area contributed by atoms with Crippen LogP contribution in [-0.4, -0.2) is 59.4 Å². The van der Waals surface area contributed by atoms with Crippen molar-refractivity contribution in [1.29, 1.82) is 0 Å². The molecule has 0 aromatic heterocycles. The number of piperazine rings is 1. The van der Waals surface area contributed by atoms with Gasteiger partial charge >= 0.3 is 0 Å². The maximum atomic E-state index is 12.3. The number of hydrogen-bond donors (Lipinski definition) is 0. The Hall–Kier alpha value is -0.900. The molecule has 1 aromatic rings. The molecule has 2 saturated heterocycles. The monoisotopic (exact) mass is 349 g/mol. The second-order valence-corrected chi connectivity index (χ2v) is 8.31. The summed E-state index contributed by atoms with van der Waals surface area (Å²) < 4.78 is 0.914. The van der Waals surface area contributed by atoms with E-state index < -0.39 is 0 Å². The van der Waals surface area contributed by atoms with Crippen molar-refractivity contribution in [2.24, 2.45) is 11.8 Å². The lowest BCUT2D eigenvalue weighted by Crippen LogP contribution is -2.72. The quantitative estimate of drug-likeness (QED) is 0.474. The van der Waals surface area contributed by atoms with Crippen LogP contribution in [0.3, 0.4) is 0 Å². The van der Waals surface area contributed by atoms with E-state index in [0.717, 1.165) is 43.6 Å². The summed E-state index contributed by atoms with van der Waals surface area (Å²) in [5, 5.41) is 0. The molecular formula is C20H30ClN2O+. The molecule has 24 heavy (non-hydrogen) atoms. The van der Waals surface area contributed by atoms with Gasteiger partial charge in [0, 0.05) is 13.1 Å². The van der Waals surface area contributed by atoms with Gasteiger partial charge < -0.3 is 4.48 Å². The number of nitrogens with zero attached hydrogens (tertiary/aromatic N) is 2.